The molecule has 0 aliphatic heterocycles. The number of aliphatic hydroxyl groups excluding tert-OH is 2. The van der Waals surface area contributed by atoms with Crippen LogP contribution in [-0.2, 0) is 16.0 Å². The molecule has 6 nitrogen and oxygen atoms in total. The van der Waals surface area contributed by atoms with Crippen molar-refractivity contribution in [2.45, 2.75) is 82.8 Å². The fraction of sp³-hybridized carbons (Fsp3) is 0.696. The minimum absolute atomic E-state index is 0.0980. The molecule has 0 unspecified atom stereocenters. The van der Waals surface area contributed by atoms with Gasteiger partial charge in [0.1, 0.15) is 5.60 Å². The molecule has 0 radical (unpaired) electrons. The summed E-state index contributed by atoms with van der Waals surface area (Å²) in [5, 5.41) is 29.4. The summed E-state index contributed by atoms with van der Waals surface area (Å²) in [7, 11) is 1.51. The highest BCUT2D eigenvalue weighted by Gasteiger charge is 2.42. The van der Waals surface area contributed by atoms with Gasteiger partial charge in [0.2, 0.25) is 0 Å². The molecular formula is C23H36O6. The zero-order valence-corrected chi connectivity index (χ0v) is 17.7. The number of methoxy groups -OCH3 is 1. The first-order valence-corrected chi connectivity index (χ1v) is 10.7. The molecular weight excluding hydrogens is 372 g/mol. The predicted octanol–water partition coefficient (Wildman–Crippen LogP) is 3.74. The number of aliphatic hydroxyl groups is 2. The van der Waals surface area contributed by atoms with E-state index in [4.69, 9.17) is 14.6 Å². The van der Waals surface area contributed by atoms with Crippen LogP contribution >= 0.6 is 0 Å². The second-order valence-corrected chi connectivity index (χ2v) is 8.28. The minimum atomic E-state index is -0.649. The second kappa shape index (κ2) is 11.4. The van der Waals surface area contributed by atoms with Crippen LogP contribution in [0.15, 0.2) is 18.2 Å². The van der Waals surface area contributed by atoms with Crippen LogP contribution in [0.1, 0.15) is 70.3 Å². The Morgan fingerprint density at radius 2 is 2.00 bits per heavy atom. The Hall–Kier alpha value is -1.79. The van der Waals surface area contributed by atoms with Crippen LogP contribution in [0.4, 0.5) is 0 Å². The molecule has 0 spiro atoms. The number of aromatic hydroxyl groups is 1. The van der Waals surface area contributed by atoms with Gasteiger partial charge in [-0.2, -0.15) is 0 Å². The standard InChI is InChI=1S/C23H36O6/c1-17(25)29-23(12-10-18-8-9-20(26)22(15-18)28-2)13-11-19(21(27)16-23)7-5-3-4-6-14-24/h8-9,15,19,21,24,26-27H,3-7,10-14,16H2,1-2H3/t19-,21+,23-/m0/s1. The van der Waals surface area contributed by atoms with E-state index in [1.54, 1.807) is 12.1 Å². The van der Waals surface area contributed by atoms with Crippen molar-refractivity contribution in [3.05, 3.63) is 23.8 Å². The van der Waals surface area contributed by atoms with Gasteiger partial charge in [0.15, 0.2) is 11.5 Å². The van der Waals surface area contributed by atoms with Gasteiger partial charge in [-0.1, -0.05) is 25.3 Å². The van der Waals surface area contributed by atoms with Crippen molar-refractivity contribution in [2.24, 2.45) is 5.92 Å². The monoisotopic (exact) mass is 408 g/mol. The van der Waals surface area contributed by atoms with Gasteiger partial charge < -0.3 is 24.8 Å². The molecule has 1 saturated carbocycles. The summed E-state index contributed by atoms with van der Waals surface area (Å²) >= 11 is 0. The Labute approximate surface area is 173 Å². The largest absolute Gasteiger partial charge is 0.504 e. The molecule has 1 aliphatic carbocycles. The van der Waals surface area contributed by atoms with Crippen molar-refractivity contribution in [1.29, 1.82) is 0 Å². The summed E-state index contributed by atoms with van der Waals surface area (Å²) in [6.45, 7) is 1.66. The number of rotatable bonds is 11. The molecule has 29 heavy (non-hydrogen) atoms. The molecule has 0 aromatic heterocycles. The van der Waals surface area contributed by atoms with Gasteiger partial charge in [-0.3, -0.25) is 4.79 Å². The highest BCUT2D eigenvalue weighted by Crippen LogP contribution is 2.40. The third-order valence-electron chi connectivity index (χ3n) is 6.05. The van der Waals surface area contributed by atoms with Crippen molar-refractivity contribution in [1.82, 2.24) is 0 Å². The number of carbonyl (C=O) groups is 1. The predicted molar refractivity (Wildman–Crippen MR) is 111 cm³/mol. The minimum Gasteiger partial charge on any atom is -0.504 e. The molecule has 0 amide bonds. The molecule has 2 rings (SSSR count). The van der Waals surface area contributed by atoms with E-state index >= 15 is 0 Å². The zero-order chi connectivity index (χ0) is 21.3. The van der Waals surface area contributed by atoms with E-state index in [2.05, 4.69) is 0 Å². The molecule has 3 atom stereocenters. The van der Waals surface area contributed by atoms with Crippen molar-refractivity contribution in [3.63, 3.8) is 0 Å². The van der Waals surface area contributed by atoms with Gasteiger partial charge in [0, 0.05) is 20.0 Å². The molecule has 0 bridgehead atoms. The number of aryl methyl sites for hydroxylation is 1. The third-order valence-corrected chi connectivity index (χ3v) is 6.05. The summed E-state index contributed by atoms with van der Waals surface area (Å²) in [6, 6.07) is 5.24. The number of hydrogen-bond acceptors (Lipinski definition) is 6. The average molecular weight is 409 g/mol. The lowest BCUT2D eigenvalue weighted by Crippen LogP contribution is -2.45. The van der Waals surface area contributed by atoms with Gasteiger partial charge in [0.25, 0.3) is 0 Å². The van der Waals surface area contributed by atoms with E-state index in [9.17, 15) is 15.0 Å². The summed E-state index contributed by atoms with van der Waals surface area (Å²) < 4.78 is 10.9. The fourth-order valence-corrected chi connectivity index (χ4v) is 4.42. The van der Waals surface area contributed by atoms with E-state index in [0.29, 0.717) is 25.0 Å². The van der Waals surface area contributed by atoms with Crippen LogP contribution in [0.3, 0.4) is 0 Å². The molecule has 164 valence electrons. The average Bonchev–Trinajstić information content (AvgIpc) is 2.68. The first-order chi connectivity index (χ1) is 13.9. The molecule has 1 aromatic rings. The Balaban J connectivity index is 1.95. The summed E-state index contributed by atoms with van der Waals surface area (Å²) in [5.74, 6) is 0.444. The quantitative estimate of drug-likeness (QED) is 0.381. The maximum Gasteiger partial charge on any atom is 0.303 e. The fourth-order valence-electron chi connectivity index (χ4n) is 4.42. The number of carbonyl (C=O) groups excluding carboxylic acids is 1. The lowest BCUT2D eigenvalue weighted by Gasteiger charge is -2.42. The van der Waals surface area contributed by atoms with E-state index < -0.39 is 11.7 Å². The number of unbranched alkanes of at least 4 members (excludes halogenated alkanes) is 3. The van der Waals surface area contributed by atoms with Gasteiger partial charge in [0.05, 0.1) is 13.2 Å². The van der Waals surface area contributed by atoms with Crippen LogP contribution in [-0.4, -0.2) is 46.7 Å². The van der Waals surface area contributed by atoms with Crippen LogP contribution in [0.2, 0.25) is 0 Å². The molecule has 0 saturated heterocycles. The maximum atomic E-state index is 11.8. The summed E-state index contributed by atoms with van der Waals surface area (Å²) in [5.41, 5.74) is 0.343. The molecule has 1 aliphatic rings. The van der Waals surface area contributed by atoms with E-state index in [-0.39, 0.29) is 24.2 Å². The summed E-state index contributed by atoms with van der Waals surface area (Å²) in [6.07, 6.45) is 7.82. The van der Waals surface area contributed by atoms with Crippen LogP contribution in [0, 0.1) is 5.92 Å². The molecule has 1 aromatic carbocycles. The third kappa shape index (κ3) is 7.19. The van der Waals surface area contributed by atoms with E-state index in [0.717, 1.165) is 50.5 Å². The van der Waals surface area contributed by atoms with Gasteiger partial charge in [-0.25, -0.2) is 0 Å². The lowest BCUT2D eigenvalue weighted by atomic mass is 9.72. The number of benzene rings is 1. The Bertz CT molecular complexity index is 646. The molecule has 3 N–H and O–H groups in total. The van der Waals surface area contributed by atoms with E-state index in [1.165, 1.54) is 14.0 Å². The van der Waals surface area contributed by atoms with Gasteiger partial charge in [-0.05, 0) is 62.1 Å². The normalized spacial score (nSPS) is 24.3. The first-order valence-electron chi connectivity index (χ1n) is 10.7. The van der Waals surface area contributed by atoms with Crippen molar-refractivity contribution in [2.75, 3.05) is 13.7 Å². The van der Waals surface area contributed by atoms with Crippen molar-refractivity contribution >= 4 is 5.97 Å². The Morgan fingerprint density at radius 1 is 1.24 bits per heavy atom. The van der Waals surface area contributed by atoms with Crippen molar-refractivity contribution in [3.8, 4) is 11.5 Å². The van der Waals surface area contributed by atoms with Gasteiger partial charge in [-0.15, -0.1) is 0 Å². The maximum absolute atomic E-state index is 11.8. The number of phenolic OH excluding ortho intramolecular Hbond substituents is 1. The number of esters is 1. The van der Waals surface area contributed by atoms with Crippen LogP contribution in [0.5, 0.6) is 11.5 Å². The lowest BCUT2D eigenvalue weighted by molar-refractivity contribution is -0.168. The van der Waals surface area contributed by atoms with Crippen LogP contribution in [0.25, 0.3) is 0 Å². The molecule has 6 heteroatoms. The highest BCUT2D eigenvalue weighted by molar-refractivity contribution is 5.66. The zero-order valence-electron chi connectivity index (χ0n) is 17.7. The summed E-state index contributed by atoms with van der Waals surface area (Å²) in [4.78, 5) is 11.8. The van der Waals surface area contributed by atoms with E-state index in [1.807, 2.05) is 6.07 Å². The highest BCUT2D eigenvalue weighted by atomic mass is 16.6. The Kier molecular flexibility index (Phi) is 9.24. The van der Waals surface area contributed by atoms with Gasteiger partial charge >= 0.3 is 5.97 Å². The number of ether oxygens (including phenoxy) is 2. The first kappa shape index (κ1) is 23.5. The van der Waals surface area contributed by atoms with Crippen LogP contribution < -0.4 is 4.74 Å². The SMILES string of the molecule is COc1cc(CC[C@]2(OC(C)=O)CC[C@H](CCCCCCO)[C@H](O)C2)ccc1O. The topological polar surface area (TPSA) is 96.2 Å². The van der Waals surface area contributed by atoms with Crippen molar-refractivity contribution < 1.29 is 29.6 Å². The number of phenols is 1. The Morgan fingerprint density at radius 3 is 2.66 bits per heavy atom. The molecule has 0 heterocycles. The smallest absolute Gasteiger partial charge is 0.303 e. The molecule has 1 fully saturated rings. The number of hydrogen-bond donors (Lipinski definition) is 3. The second-order valence-electron chi connectivity index (χ2n) is 8.28.